The van der Waals surface area contributed by atoms with Crippen molar-refractivity contribution in [3.05, 3.63) is 65.4 Å². The van der Waals surface area contributed by atoms with E-state index in [1.807, 2.05) is 12.1 Å². The summed E-state index contributed by atoms with van der Waals surface area (Å²) in [5, 5.41) is 3.41. The molecule has 0 bridgehead atoms. The van der Waals surface area contributed by atoms with E-state index in [-0.39, 0.29) is 11.7 Å². The molecule has 2 heterocycles. The van der Waals surface area contributed by atoms with Crippen molar-refractivity contribution in [3.63, 3.8) is 0 Å². The first-order chi connectivity index (χ1) is 14.7. The zero-order valence-electron chi connectivity index (χ0n) is 16.6. The van der Waals surface area contributed by atoms with Crippen LogP contribution in [0.15, 0.2) is 54.7 Å². The van der Waals surface area contributed by atoms with Crippen LogP contribution >= 0.6 is 11.3 Å². The standard InChI is InChI=1S/C23H23FN4OS/c24-20-4-2-1-3-19(20)23-25-15-21(30-23)22(29)26-16-5-7-17(8-6-16)27-11-13-28(14-12-27)18-9-10-18/h1-8,15,18H,9-14H2,(H,26,29). The van der Waals surface area contributed by atoms with Gasteiger partial charge in [-0.1, -0.05) is 12.1 Å². The molecule has 1 N–H and O–H groups in total. The lowest BCUT2D eigenvalue weighted by Crippen LogP contribution is -2.47. The van der Waals surface area contributed by atoms with Gasteiger partial charge < -0.3 is 10.2 Å². The van der Waals surface area contributed by atoms with Crippen LogP contribution in [0.3, 0.4) is 0 Å². The van der Waals surface area contributed by atoms with Crippen LogP contribution < -0.4 is 10.2 Å². The predicted molar refractivity (Wildman–Crippen MR) is 119 cm³/mol. The van der Waals surface area contributed by atoms with Gasteiger partial charge in [0.2, 0.25) is 0 Å². The summed E-state index contributed by atoms with van der Waals surface area (Å²) < 4.78 is 13.9. The van der Waals surface area contributed by atoms with Gasteiger partial charge in [0.05, 0.1) is 6.20 Å². The largest absolute Gasteiger partial charge is 0.369 e. The minimum absolute atomic E-state index is 0.235. The van der Waals surface area contributed by atoms with Gasteiger partial charge in [0.25, 0.3) is 5.91 Å². The number of anilines is 2. The smallest absolute Gasteiger partial charge is 0.267 e. The van der Waals surface area contributed by atoms with Gasteiger partial charge >= 0.3 is 0 Å². The van der Waals surface area contributed by atoms with Gasteiger partial charge in [-0.15, -0.1) is 11.3 Å². The first kappa shape index (κ1) is 19.2. The molecule has 1 amide bonds. The lowest BCUT2D eigenvalue weighted by molar-refractivity contribution is 0.103. The Bertz CT molecular complexity index is 1040. The maximum absolute atomic E-state index is 13.9. The van der Waals surface area contributed by atoms with Gasteiger partial charge in [0, 0.05) is 49.2 Å². The molecule has 1 saturated carbocycles. The molecule has 2 aromatic carbocycles. The SMILES string of the molecule is O=C(Nc1ccc(N2CCN(C3CC3)CC2)cc1)c1cnc(-c2ccccc2F)s1. The first-order valence-electron chi connectivity index (χ1n) is 10.3. The molecule has 1 aliphatic heterocycles. The first-order valence-corrected chi connectivity index (χ1v) is 11.1. The van der Waals surface area contributed by atoms with Crippen molar-refractivity contribution in [2.45, 2.75) is 18.9 Å². The normalized spacial score (nSPS) is 17.2. The molecule has 0 radical (unpaired) electrons. The maximum atomic E-state index is 13.9. The second kappa shape index (κ2) is 8.16. The van der Waals surface area contributed by atoms with Crippen molar-refractivity contribution in [1.29, 1.82) is 0 Å². The average molecular weight is 423 g/mol. The number of aromatic nitrogens is 1. The molecule has 1 aliphatic carbocycles. The minimum atomic E-state index is -0.340. The second-order valence-electron chi connectivity index (χ2n) is 7.76. The molecule has 0 unspecified atom stereocenters. The average Bonchev–Trinajstić information content (AvgIpc) is 3.51. The Morgan fingerprint density at radius 2 is 1.77 bits per heavy atom. The number of nitrogens with one attached hydrogen (secondary N) is 1. The van der Waals surface area contributed by atoms with Crippen LogP contribution in [-0.4, -0.2) is 48.0 Å². The van der Waals surface area contributed by atoms with Crippen molar-refractivity contribution in [2.24, 2.45) is 0 Å². The van der Waals surface area contributed by atoms with Crippen LogP contribution in [0.5, 0.6) is 0 Å². The number of hydrogen-bond acceptors (Lipinski definition) is 5. The lowest BCUT2D eigenvalue weighted by Gasteiger charge is -2.36. The molecule has 5 rings (SSSR count). The number of amides is 1. The van der Waals surface area contributed by atoms with Gasteiger partial charge in [-0.2, -0.15) is 0 Å². The molecule has 0 spiro atoms. The van der Waals surface area contributed by atoms with Gasteiger partial charge in [-0.3, -0.25) is 9.69 Å². The van der Waals surface area contributed by atoms with Crippen LogP contribution in [-0.2, 0) is 0 Å². The fourth-order valence-corrected chi connectivity index (χ4v) is 4.71. The number of carbonyl (C=O) groups excluding carboxylic acids is 1. The van der Waals surface area contributed by atoms with E-state index in [2.05, 4.69) is 32.2 Å². The molecule has 5 nitrogen and oxygen atoms in total. The minimum Gasteiger partial charge on any atom is -0.369 e. The third-order valence-electron chi connectivity index (χ3n) is 5.70. The summed E-state index contributed by atoms with van der Waals surface area (Å²) in [6, 6.07) is 15.3. The van der Waals surface area contributed by atoms with Crippen molar-refractivity contribution in [2.75, 3.05) is 36.4 Å². The molecule has 1 saturated heterocycles. The monoisotopic (exact) mass is 422 g/mol. The summed E-state index contributed by atoms with van der Waals surface area (Å²) in [5.74, 6) is -0.576. The Hall–Kier alpha value is -2.77. The van der Waals surface area contributed by atoms with E-state index >= 15 is 0 Å². The van der Waals surface area contributed by atoms with E-state index in [1.165, 1.54) is 42.1 Å². The quantitative estimate of drug-likeness (QED) is 0.658. The van der Waals surface area contributed by atoms with Crippen molar-refractivity contribution < 1.29 is 9.18 Å². The van der Waals surface area contributed by atoms with E-state index in [0.29, 0.717) is 15.4 Å². The second-order valence-corrected chi connectivity index (χ2v) is 8.80. The number of rotatable bonds is 5. The molecule has 1 aromatic heterocycles. The maximum Gasteiger partial charge on any atom is 0.267 e. The van der Waals surface area contributed by atoms with Gasteiger partial charge in [0.15, 0.2) is 0 Å². The number of hydrogen-bond donors (Lipinski definition) is 1. The Morgan fingerprint density at radius 1 is 1.03 bits per heavy atom. The summed E-state index contributed by atoms with van der Waals surface area (Å²) in [6.07, 6.45) is 4.21. The molecule has 2 fully saturated rings. The molecule has 3 aromatic rings. The summed E-state index contributed by atoms with van der Waals surface area (Å²) in [7, 11) is 0. The number of halogens is 1. The molecule has 154 valence electrons. The van der Waals surface area contributed by atoms with Gasteiger partial charge in [-0.25, -0.2) is 9.37 Å². The number of nitrogens with zero attached hydrogens (tertiary/aromatic N) is 3. The summed E-state index contributed by atoms with van der Waals surface area (Å²) in [4.78, 5) is 22.2. The van der Waals surface area contributed by atoms with Crippen molar-refractivity contribution in [3.8, 4) is 10.6 Å². The highest BCUT2D eigenvalue weighted by Crippen LogP contribution is 2.30. The Labute approximate surface area is 179 Å². The molecular weight excluding hydrogens is 399 g/mol. The van der Waals surface area contributed by atoms with E-state index in [4.69, 9.17) is 0 Å². The zero-order valence-corrected chi connectivity index (χ0v) is 17.4. The fraction of sp³-hybridized carbons (Fsp3) is 0.304. The van der Waals surface area contributed by atoms with Crippen LogP contribution in [0.1, 0.15) is 22.5 Å². The highest BCUT2D eigenvalue weighted by Gasteiger charge is 2.31. The van der Waals surface area contributed by atoms with Crippen LogP contribution in [0.25, 0.3) is 10.6 Å². The zero-order chi connectivity index (χ0) is 20.5. The highest BCUT2D eigenvalue weighted by atomic mass is 32.1. The third-order valence-corrected chi connectivity index (χ3v) is 6.73. The van der Waals surface area contributed by atoms with E-state index < -0.39 is 0 Å². The van der Waals surface area contributed by atoms with E-state index in [9.17, 15) is 9.18 Å². The van der Waals surface area contributed by atoms with Gasteiger partial charge in [0.1, 0.15) is 15.7 Å². The fourth-order valence-electron chi connectivity index (χ4n) is 3.87. The Balaban J connectivity index is 1.21. The molecule has 30 heavy (non-hydrogen) atoms. The van der Waals surface area contributed by atoms with Crippen LogP contribution in [0.4, 0.5) is 15.8 Å². The van der Waals surface area contributed by atoms with Crippen LogP contribution in [0.2, 0.25) is 0 Å². The number of thiazole rings is 1. The summed E-state index contributed by atoms with van der Waals surface area (Å²) in [6.45, 7) is 4.33. The topological polar surface area (TPSA) is 48.5 Å². The van der Waals surface area contributed by atoms with Crippen molar-refractivity contribution >= 4 is 28.6 Å². The van der Waals surface area contributed by atoms with Crippen molar-refractivity contribution in [1.82, 2.24) is 9.88 Å². The number of benzene rings is 2. The molecule has 2 aliphatic rings. The Kier molecular flexibility index (Phi) is 5.23. The number of carbonyl (C=O) groups is 1. The number of piperazine rings is 1. The predicted octanol–water partition coefficient (Wildman–Crippen LogP) is 4.49. The highest BCUT2D eigenvalue weighted by molar-refractivity contribution is 7.17. The summed E-state index contributed by atoms with van der Waals surface area (Å²) >= 11 is 1.18. The van der Waals surface area contributed by atoms with E-state index in [0.717, 1.165) is 37.9 Å². The van der Waals surface area contributed by atoms with Gasteiger partial charge in [-0.05, 0) is 49.2 Å². The molecule has 7 heteroatoms. The Morgan fingerprint density at radius 3 is 2.47 bits per heavy atom. The molecule has 0 atom stereocenters. The van der Waals surface area contributed by atoms with Crippen LogP contribution in [0, 0.1) is 5.82 Å². The molecular formula is C23H23FN4OS. The lowest BCUT2D eigenvalue weighted by atomic mass is 10.2. The van der Waals surface area contributed by atoms with E-state index in [1.54, 1.807) is 18.2 Å². The third kappa shape index (κ3) is 4.08. The summed E-state index contributed by atoms with van der Waals surface area (Å²) in [5.41, 5.74) is 2.33.